The summed E-state index contributed by atoms with van der Waals surface area (Å²) in [6.07, 6.45) is 7.87. The predicted octanol–water partition coefficient (Wildman–Crippen LogP) is 2.82. The standard InChI is InChI=1S/C17H15IN2O2/c18-13-4-2-1-3-12(13)9-19-20-16(21)14-10-5-6-11(8-7-10)15(14)17(20)22/h1-6,9-11,14-15H,7-8H2/b19-9-/t10-,11-,14+,15+/m0/s1. The van der Waals surface area contributed by atoms with Crippen LogP contribution in [0.4, 0.5) is 0 Å². The van der Waals surface area contributed by atoms with Crippen LogP contribution >= 0.6 is 22.6 Å². The quantitative estimate of drug-likeness (QED) is 0.328. The van der Waals surface area contributed by atoms with E-state index in [4.69, 9.17) is 0 Å². The lowest BCUT2D eigenvalue weighted by molar-refractivity contribution is -0.140. The average molecular weight is 406 g/mol. The topological polar surface area (TPSA) is 49.7 Å². The Morgan fingerprint density at radius 1 is 1.05 bits per heavy atom. The van der Waals surface area contributed by atoms with E-state index in [9.17, 15) is 9.59 Å². The third-order valence-corrected chi connectivity index (χ3v) is 5.94. The molecule has 0 aromatic heterocycles. The first-order chi connectivity index (χ1) is 10.7. The summed E-state index contributed by atoms with van der Waals surface area (Å²) in [4.78, 5) is 25.2. The molecule has 22 heavy (non-hydrogen) atoms. The molecule has 5 rings (SSSR count). The molecule has 3 aliphatic carbocycles. The zero-order valence-electron chi connectivity index (χ0n) is 11.9. The van der Waals surface area contributed by atoms with E-state index < -0.39 is 0 Å². The monoisotopic (exact) mass is 406 g/mol. The lowest BCUT2D eigenvalue weighted by Crippen LogP contribution is -2.38. The first-order valence-electron chi connectivity index (χ1n) is 7.51. The lowest BCUT2D eigenvalue weighted by Gasteiger charge is -2.37. The third kappa shape index (κ3) is 2.06. The zero-order chi connectivity index (χ0) is 15.3. The molecule has 1 saturated carbocycles. The van der Waals surface area contributed by atoms with Gasteiger partial charge in [-0.15, -0.1) is 0 Å². The van der Waals surface area contributed by atoms with Gasteiger partial charge in [0.05, 0.1) is 18.1 Å². The Balaban J connectivity index is 1.63. The molecule has 0 unspecified atom stereocenters. The van der Waals surface area contributed by atoms with Crippen molar-refractivity contribution in [3.63, 3.8) is 0 Å². The normalized spacial score (nSPS) is 33.0. The highest BCUT2D eigenvalue weighted by molar-refractivity contribution is 14.1. The summed E-state index contributed by atoms with van der Waals surface area (Å²) < 4.78 is 1.04. The lowest BCUT2D eigenvalue weighted by atomic mass is 9.63. The van der Waals surface area contributed by atoms with Crippen molar-refractivity contribution in [2.75, 3.05) is 0 Å². The first kappa shape index (κ1) is 14.1. The summed E-state index contributed by atoms with van der Waals surface area (Å²) in [7, 11) is 0. The largest absolute Gasteiger partial charge is 0.272 e. The van der Waals surface area contributed by atoms with Crippen LogP contribution in [0.15, 0.2) is 41.5 Å². The maximum absolute atomic E-state index is 12.6. The van der Waals surface area contributed by atoms with E-state index in [2.05, 4.69) is 39.8 Å². The number of imide groups is 1. The Kier molecular flexibility index (Phi) is 3.40. The molecule has 1 aromatic carbocycles. The van der Waals surface area contributed by atoms with Crippen molar-refractivity contribution in [1.82, 2.24) is 5.01 Å². The molecule has 4 aliphatic rings. The molecular formula is C17H15IN2O2. The van der Waals surface area contributed by atoms with Crippen LogP contribution < -0.4 is 0 Å². The molecule has 2 amide bonds. The molecule has 112 valence electrons. The number of rotatable bonds is 2. The van der Waals surface area contributed by atoms with Crippen molar-refractivity contribution in [3.8, 4) is 0 Å². The van der Waals surface area contributed by atoms with Gasteiger partial charge < -0.3 is 0 Å². The van der Waals surface area contributed by atoms with Crippen LogP contribution in [-0.4, -0.2) is 23.0 Å². The second kappa shape index (κ2) is 5.30. The molecule has 1 aromatic rings. The van der Waals surface area contributed by atoms with Gasteiger partial charge in [0, 0.05) is 9.13 Å². The van der Waals surface area contributed by atoms with Crippen LogP contribution in [0.25, 0.3) is 0 Å². The van der Waals surface area contributed by atoms with Gasteiger partial charge >= 0.3 is 0 Å². The summed E-state index contributed by atoms with van der Waals surface area (Å²) in [5.74, 6) is -0.217. The Hall–Kier alpha value is -1.50. The van der Waals surface area contributed by atoms with Crippen LogP contribution in [0.3, 0.4) is 0 Å². The fraction of sp³-hybridized carbons (Fsp3) is 0.353. The van der Waals surface area contributed by atoms with Crippen LogP contribution in [0, 0.1) is 27.2 Å². The van der Waals surface area contributed by atoms with Gasteiger partial charge in [0.2, 0.25) is 0 Å². The number of hydrazone groups is 1. The number of allylic oxidation sites excluding steroid dienone is 2. The minimum atomic E-state index is -0.191. The number of halogens is 1. The van der Waals surface area contributed by atoms with E-state index in [0.717, 1.165) is 27.0 Å². The van der Waals surface area contributed by atoms with Crippen molar-refractivity contribution >= 4 is 40.6 Å². The summed E-state index contributed by atoms with van der Waals surface area (Å²) in [5, 5.41) is 5.32. The van der Waals surface area contributed by atoms with E-state index in [0.29, 0.717) is 0 Å². The molecule has 0 radical (unpaired) electrons. The van der Waals surface area contributed by atoms with Gasteiger partial charge in [-0.2, -0.15) is 10.1 Å². The Morgan fingerprint density at radius 3 is 2.18 bits per heavy atom. The molecule has 1 saturated heterocycles. The number of hydrogen-bond donors (Lipinski definition) is 0. The van der Waals surface area contributed by atoms with E-state index in [-0.39, 0.29) is 35.5 Å². The van der Waals surface area contributed by atoms with Gasteiger partial charge in [-0.25, -0.2) is 0 Å². The van der Waals surface area contributed by atoms with Crippen LogP contribution in [0.5, 0.6) is 0 Å². The molecule has 4 atom stereocenters. The molecule has 1 heterocycles. The van der Waals surface area contributed by atoms with Gasteiger partial charge in [0.25, 0.3) is 11.8 Å². The molecule has 2 bridgehead atoms. The van der Waals surface area contributed by atoms with Crippen LogP contribution in [-0.2, 0) is 9.59 Å². The number of hydrogen-bond acceptors (Lipinski definition) is 3. The summed E-state index contributed by atoms with van der Waals surface area (Å²) in [5.41, 5.74) is 0.916. The second-order valence-electron chi connectivity index (χ2n) is 6.10. The molecule has 0 spiro atoms. The molecular weight excluding hydrogens is 391 g/mol. The smallest absolute Gasteiger partial charge is 0.254 e. The number of fused-ring (bicyclic) bond motifs is 1. The Labute approximate surface area is 142 Å². The minimum absolute atomic E-state index is 0.128. The second-order valence-corrected chi connectivity index (χ2v) is 7.26. The van der Waals surface area contributed by atoms with E-state index >= 15 is 0 Å². The Bertz CT molecular complexity index is 680. The highest BCUT2D eigenvalue weighted by Crippen LogP contribution is 2.49. The fourth-order valence-corrected chi connectivity index (χ4v) is 4.40. The zero-order valence-corrected chi connectivity index (χ0v) is 14.0. The van der Waals surface area contributed by atoms with Crippen LogP contribution in [0.1, 0.15) is 18.4 Å². The molecule has 1 aliphatic heterocycles. The summed E-state index contributed by atoms with van der Waals surface area (Å²) >= 11 is 2.22. The first-order valence-corrected chi connectivity index (χ1v) is 8.59. The van der Waals surface area contributed by atoms with Crippen LogP contribution in [0.2, 0.25) is 0 Å². The van der Waals surface area contributed by atoms with Gasteiger partial charge in [-0.1, -0.05) is 30.4 Å². The molecule has 0 N–H and O–H groups in total. The molecule has 5 heteroatoms. The number of nitrogens with zero attached hydrogens (tertiary/aromatic N) is 2. The van der Waals surface area contributed by atoms with E-state index in [1.807, 2.05) is 24.3 Å². The van der Waals surface area contributed by atoms with E-state index in [1.165, 1.54) is 0 Å². The van der Waals surface area contributed by atoms with Crippen molar-refractivity contribution in [1.29, 1.82) is 0 Å². The number of carbonyl (C=O) groups is 2. The Morgan fingerprint density at radius 2 is 1.64 bits per heavy atom. The summed E-state index contributed by atoms with van der Waals surface area (Å²) in [6.45, 7) is 0. The minimum Gasteiger partial charge on any atom is -0.272 e. The van der Waals surface area contributed by atoms with Crippen molar-refractivity contribution < 1.29 is 9.59 Å². The number of amides is 2. The van der Waals surface area contributed by atoms with Gasteiger partial charge in [0.15, 0.2) is 0 Å². The highest BCUT2D eigenvalue weighted by atomic mass is 127. The maximum Gasteiger partial charge on any atom is 0.254 e. The maximum atomic E-state index is 12.6. The highest BCUT2D eigenvalue weighted by Gasteiger charge is 2.56. The van der Waals surface area contributed by atoms with Gasteiger partial charge in [-0.05, 0) is 53.3 Å². The SMILES string of the molecule is O=C1[C@H]2[C@H](C(=O)N1/N=C\c1ccccc1I)[C@H]1C=C[C@H]2CC1. The average Bonchev–Trinajstić information content (AvgIpc) is 2.82. The van der Waals surface area contributed by atoms with Gasteiger partial charge in [-0.3, -0.25) is 9.59 Å². The fourth-order valence-electron chi connectivity index (χ4n) is 3.87. The third-order valence-electron chi connectivity index (χ3n) is 4.95. The predicted molar refractivity (Wildman–Crippen MR) is 90.9 cm³/mol. The molecule has 4 nitrogen and oxygen atoms in total. The summed E-state index contributed by atoms with van der Waals surface area (Å²) in [6, 6.07) is 7.76. The van der Waals surface area contributed by atoms with Crippen molar-refractivity contribution in [2.24, 2.45) is 28.8 Å². The number of carbonyl (C=O) groups excluding carboxylic acids is 2. The van der Waals surface area contributed by atoms with Crippen molar-refractivity contribution in [3.05, 3.63) is 45.6 Å². The number of benzene rings is 1. The van der Waals surface area contributed by atoms with E-state index in [1.54, 1.807) is 6.21 Å². The van der Waals surface area contributed by atoms with Crippen molar-refractivity contribution in [2.45, 2.75) is 12.8 Å². The van der Waals surface area contributed by atoms with Gasteiger partial charge in [0.1, 0.15) is 0 Å². The molecule has 2 fully saturated rings.